The highest BCUT2D eigenvalue weighted by Crippen LogP contribution is 2.30. The van der Waals surface area contributed by atoms with Gasteiger partial charge in [0.15, 0.2) is 11.8 Å². The quantitative estimate of drug-likeness (QED) is 0.432. The van der Waals surface area contributed by atoms with Gasteiger partial charge in [-0.3, -0.25) is 0 Å². The summed E-state index contributed by atoms with van der Waals surface area (Å²) in [6.07, 6.45) is -1.74. The van der Waals surface area contributed by atoms with Crippen LogP contribution in [-0.2, 0) is 22.3 Å². The van der Waals surface area contributed by atoms with Crippen molar-refractivity contribution < 1.29 is 37.9 Å². The van der Waals surface area contributed by atoms with Crippen LogP contribution < -0.4 is 9.47 Å². The van der Waals surface area contributed by atoms with E-state index < -0.39 is 29.9 Å². The fourth-order valence-corrected chi connectivity index (χ4v) is 4.41. The number of ether oxygens (including phenoxy) is 4. The molecule has 4 heterocycles. The Labute approximate surface area is 197 Å². The third-order valence-electron chi connectivity index (χ3n) is 5.81. The molecular weight excluding hydrogens is 476 g/mol. The number of aliphatic hydroxyl groups excluding tert-OH is 2. The lowest BCUT2D eigenvalue weighted by atomic mass is 10.1. The van der Waals surface area contributed by atoms with E-state index in [-0.39, 0.29) is 62.7 Å². The number of nitrogens with zero attached hydrogens (tertiary/aromatic N) is 2. The second-order valence-electron chi connectivity index (χ2n) is 8.09. The minimum Gasteiger partial charge on any atom is -0.491 e. The van der Waals surface area contributed by atoms with Crippen LogP contribution in [0.2, 0.25) is 5.02 Å². The zero-order valence-electron chi connectivity index (χ0n) is 17.8. The van der Waals surface area contributed by atoms with Crippen LogP contribution in [0, 0.1) is 11.6 Å². The third-order valence-corrected chi connectivity index (χ3v) is 6.14. The highest BCUT2D eigenvalue weighted by molar-refractivity contribution is 6.31. The Morgan fingerprint density at radius 2 is 1.85 bits per heavy atom. The predicted octanol–water partition coefficient (Wildman–Crippen LogP) is 1.95. The highest BCUT2D eigenvalue weighted by atomic mass is 35.5. The van der Waals surface area contributed by atoms with E-state index in [2.05, 4.69) is 15.0 Å². The monoisotopic (exact) mass is 497 g/mol. The van der Waals surface area contributed by atoms with Crippen molar-refractivity contribution in [3.8, 4) is 11.8 Å². The minimum atomic E-state index is -0.753. The van der Waals surface area contributed by atoms with Gasteiger partial charge in [0.25, 0.3) is 6.01 Å². The van der Waals surface area contributed by atoms with E-state index in [0.717, 1.165) is 12.1 Å². The Morgan fingerprint density at radius 3 is 2.62 bits per heavy atom. The molecule has 3 aromatic rings. The number of hydrogen-bond donors (Lipinski definition) is 3. The molecule has 1 aromatic carbocycles. The molecule has 0 aliphatic carbocycles. The summed E-state index contributed by atoms with van der Waals surface area (Å²) in [7, 11) is 0. The number of nitrogens with one attached hydrogen (secondary N) is 1. The fraction of sp³-hybridized carbons (Fsp3) is 0.455. The van der Waals surface area contributed by atoms with Gasteiger partial charge in [0, 0.05) is 17.7 Å². The summed E-state index contributed by atoms with van der Waals surface area (Å²) in [6.45, 7) is 0.125. The summed E-state index contributed by atoms with van der Waals surface area (Å²) in [5.41, 5.74) is 1.19. The van der Waals surface area contributed by atoms with Crippen LogP contribution in [0.5, 0.6) is 11.8 Å². The molecule has 0 saturated carbocycles. The third kappa shape index (κ3) is 4.53. The van der Waals surface area contributed by atoms with Gasteiger partial charge in [-0.25, -0.2) is 13.8 Å². The molecule has 9 nitrogen and oxygen atoms in total. The van der Waals surface area contributed by atoms with Crippen molar-refractivity contribution in [2.75, 3.05) is 26.4 Å². The van der Waals surface area contributed by atoms with Gasteiger partial charge in [0.05, 0.1) is 36.1 Å². The first-order valence-corrected chi connectivity index (χ1v) is 11.2. The van der Waals surface area contributed by atoms with Crippen LogP contribution in [-0.4, -0.2) is 76.0 Å². The maximum Gasteiger partial charge on any atom is 0.296 e. The normalized spacial score (nSPS) is 24.0. The van der Waals surface area contributed by atoms with Crippen molar-refractivity contribution in [3.05, 3.63) is 46.1 Å². The Balaban J connectivity index is 1.29. The maximum absolute atomic E-state index is 14.4. The van der Waals surface area contributed by atoms with Gasteiger partial charge in [-0.2, -0.15) is 4.98 Å². The molecule has 34 heavy (non-hydrogen) atoms. The second-order valence-corrected chi connectivity index (χ2v) is 8.49. The number of pyridine rings is 1. The molecule has 182 valence electrons. The molecule has 2 saturated heterocycles. The summed E-state index contributed by atoms with van der Waals surface area (Å²) in [4.78, 5) is 11.8. The van der Waals surface area contributed by atoms with Crippen LogP contribution in [0.1, 0.15) is 11.3 Å². The van der Waals surface area contributed by atoms with E-state index >= 15 is 0 Å². The summed E-state index contributed by atoms with van der Waals surface area (Å²) >= 11 is 6.35. The number of halogens is 3. The van der Waals surface area contributed by atoms with Crippen LogP contribution in [0.15, 0.2) is 18.2 Å². The molecular formula is C22H22ClF2N3O6. The molecule has 0 amide bonds. The molecule has 2 fully saturated rings. The number of benzene rings is 1. The Kier molecular flexibility index (Phi) is 6.54. The number of aliphatic hydroxyl groups is 2. The van der Waals surface area contributed by atoms with Crippen molar-refractivity contribution in [3.63, 3.8) is 0 Å². The standard InChI is InChI=1S/C22H22ClF2N3O6/c23-12-7-16-21(28-22(27-16)34-18-9-33-19-17(30)8-32-20(18)19)26-15(12)2-1-11-13(24)5-10(6-14(11)25)31-4-3-29/h5-7,17-20,29-30H,1-4,8-9H2,(H,26,27,28)/t17-,18-,19-,20-/m1/s1. The van der Waals surface area contributed by atoms with Crippen molar-refractivity contribution in [1.29, 1.82) is 0 Å². The van der Waals surface area contributed by atoms with Crippen molar-refractivity contribution in [1.82, 2.24) is 15.0 Å². The summed E-state index contributed by atoms with van der Waals surface area (Å²) in [6, 6.07) is 3.98. The first kappa shape index (κ1) is 23.2. The molecule has 4 atom stereocenters. The fourth-order valence-electron chi connectivity index (χ4n) is 4.16. The number of aromatic nitrogens is 3. The van der Waals surface area contributed by atoms with Crippen LogP contribution >= 0.6 is 11.6 Å². The van der Waals surface area contributed by atoms with Crippen molar-refractivity contribution in [2.24, 2.45) is 0 Å². The van der Waals surface area contributed by atoms with Gasteiger partial charge in [-0.1, -0.05) is 11.6 Å². The van der Waals surface area contributed by atoms with Gasteiger partial charge in [-0.15, -0.1) is 0 Å². The summed E-state index contributed by atoms with van der Waals surface area (Å²) in [5.74, 6) is -1.50. The Morgan fingerprint density at radius 1 is 1.09 bits per heavy atom. The van der Waals surface area contributed by atoms with Gasteiger partial charge < -0.3 is 34.1 Å². The summed E-state index contributed by atoms with van der Waals surface area (Å²) < 4.78 is 50.8. The molecule has 0 spiro atoms. The van der Waals surface area contributed by atoms with E-state index in [1.54, 1.807) is 6.07 Å². The van der Waals surface area contributed by atoms with Crippen LogP contribution in [0.3, 0.4) is 0 Å². The van der Waals surface area contributed by atoms with Gasteiger partial charge in [0.2, 0.25) is 0 Å². The second kappa shape index (κ2) is 9.59. The molecule has 2 aromatic heterocycles. The van der Waals surface area contributed by atoms with E-state index in [9.17, 15) is 13.9 Å². The number of aryl methyl sites for hydroxylation is 1. The average molecular weight is 498 g/mol. The minimum absolute atomic E-state index is 0.00549. The molecule has 3 N–H and O–H groups in total. The van der Waals surface area contributed by atoms with Crippen molar-refractivity contribution in [2.45, 2.75) is 37.3 Å². The van der Waals surface area contributed by atoms with E-state index in [4.69, 9.17) is 35.7 Å². The number of imidazole rings is 1. The molecule has 0 bridgehead atoms. The number of aromatic amines is 1. The number of hydrogen-bond acceptors (Lipinski definition) is 8. The lowest BCUT2D eigenvalue weighted by Gasteiger charge is -2.15. The van der Waals surface area contributed by atoms with E-state index in [1.807, 2.05) is 0 Å². The number of H-pyrrole nitrogens is 1. The molecule has 0 unspecified atom stereocenters. The van der Waals surface area contributed by atoms with Crippen LogP contribution in [0.4, 0.5) is 8.78 Å². The first-order valence-electron chi connectivity index (χ1n) is 10.8. The molecule has 12 heteroatoms. The first-order chi connectivity index (χ1) is 16.4. The smallest absolute Gasteiger partial charge is 0.296 e. The van der Waals surface area contributed by atoms with Crippen molar-refractivity contribution >= 4 is 22.8 Å². The number of rotatable bonds is 8. The Hall–Kier alpha value is -2.57. The molecule has 5 rings (SSSR count). The molecule has 2 aliphatic rings. The van der Waals surface area contributed by atoms with Crippen LogP contribution in [0.25, 0.3) is 11.2 Å². The van der Waals surface area contributed by atoms with Gasteiger partial charge in [0.1, 0.15) is 42.3 Å². The van der Waals surface area contributed by atoms with Gasteiger partial charge >= 0.3 is 0 Å². The SMILES string of the molecule is OCCOc1cc(F)c(CCc2nc3nc(O[C@@H]4CO[C@H]5[C@@H]4OC[C@H]5O)[nH]c3cc2Cl)c(F)c1. The Bertz CT molecular complexity index is 1170. The zero-order chi connectivity index (χ0) is 23.8. The number of fused-ring (bicyclic) bond motifs is 2. The molecule has 0 radical (unpaired) electrons. The summed E-state index contributed by atoms with van der Waals surface area (Å²) in [5, 5.41) is 19.0. The van der Waals surface area contributed by atoms with Gasteiger partial charge in [-0.05, 0) is 18.9 Å². The average Bonchev–Trinajstić information content (AvgIpc) is 3.48. The maximum atomic E-state index is 14.4. The zero-order valence-corrected chi connectivity index (χ0v) is 18.6. The van der Waals surface area contributed by atoms with E-state index in [1.165, 1.54) is 0 Å². The lowest BCUT2D eigenvalue weighted by Crippen LogP contribution is -2.34. The topological polar surface area (TPSA) is 119 Å². The molecule has 2 aliphatic heterocycles. The lowest BCUT2D eigenvalue weighted by molar-refractivity contribution is 0.00706. The highest BCUT2D eigenvalue weighted by Gasteiger charge is 2.48. The largest absolute Gasteiger partial charge is 0.491 e. The van der Waals surface area contributed by atoms with E-state index in [0.29, 0.717) is 21.9 Å². The predicted molar refractivity (Wildman–Crippen MR) is 115 cm³/mol.